The lowest BCUT2D eigenvalue weighted by Gasteiger charge is -2.07. The number of rotatable bonds is 3. The lowest BCUT2D eigenvalue weighted by molar-refractivity contribution is 0.415. The Morgan fingerprint density at radius 3 is 2.20 bits per heavy atom. The van der Waals surface area contributed by atoms with Gasteiger partial charge in [-0.25, -0.2) is 8.42 Å². The molecular formula is C11H14O3S. The Morgan fingerprint density at radius 1 is 1.27 bits per heavy atom. The van der Waals surface area contributed by atoms with Crippen molar-refractivity contribution >= 4 is 9.84 Å². The summed E-state index contributed by atoms with van der Waals surface area (Å²) < 4.78 is 28.7. The minimum absolute atomic E-state index is 0.181. The van der Waals surface area contributed by atoms with Gasteiger partial charge in [0.25, 0.3) is 0 Å². The molecule has 15 heavy (non-hydrogen) atoms. The highest BCUT2D eigenvalue weighted by Crippen LogP contribution is 2.30. The summed E-state index contributed by atoms with van der Waals surface area (Å²) in [7, 11) is -3.14. The fraction of sp³-hybridized carbons (Fsp3) is 0.455. The Kier molecular flexibility index (Phi) is 2.56. The van der Waals surface area contributed by atoms with Gasteiger partial charge in [0.05, 0.1) is 16.8 Å². The van der Waals surface area contributed by atoms with E-state index in [0.717, 1.165) is 12.2 Å². The van der Waals surface area contributed by atoms with Crippen molar-refractivity contribution in [2.45, 2.75) is 30.1 Å². The van der Waals surface area contributed by atoms with Gasteiger partial charge in [0.2, 0.25) is 0 Å². The van der Waals surface area contributed by atoms with E-state index in [9.17, 15) is 8.42 Å². The zero-order valence-corrected chi connectivity index (χ0v) is 9.62. The van der Waals surface area contributed by atoms with Crippen LogP contribution < -0.4 is 0 Å². The zero-order valence-electron chi connectivity index (χ0n) is 8.80. The lowest BCUT2D eigenvalue weighted by Crippen LogP contribution is -2.13. The molecule has 1 aromatic carbocycles. The molecule has 1 atom stereocenters. The molecule has 1 aliphatic rings. The molecule has 1 saturated heterocycles. The van der Waals surface area contributed by atoms with E-state index in [2.05, 4.69) is 0 Å². The number of epoxide rings is 1. The van der Waals surface area contributed by atoms with Crippen LogP contribution in [0.25, 0.3) is 0 Å². The standard InChI is InChI=1S/C11H14O3S/c1-8(2)15(12,13)10-5-3-9(4-6-10)11-7-14-11/h3-6,8,11H,7H2,1-2H3. The summed E-state index contributed by atoms with van der Waals surface area (Å²) in [6.07, 6.45) is 0.181. The van der Waals surface area contributed by atoms with Gasteiger partial charge in [-0.3, -0.25) is 0 Å². The first kappa shape index (κ1) is 10.6. The molecule has 3 nitrogen and oxygen atoms in total. The van der Waals surface area contributed by atoms with Crippen molar-refractivity contribution in [2.24, 2.45) is 0 Å². The molecule has 0 aromatic heterocycles. The van der Waals surface area contributed by atoms with Crippen molar-refractivity contribution in [2.75, 3.05) is 6.61 Å². The SMILES string of the molecule is CC(C)S(=O)(=O)c1ccc(C2CO2)cc1. The van der Waals surface area contributed by atoms with Gasteiger partial charge >= 0.3 is 0 Å². The van der Waals surface area contributed by atoms with Crippen molar-refractivity contribution < 1.29 is 13.2 Å². The molecule has 1 unspecified atom stereocenters. The summed E-state index contributed by atoms with van der Waals surface area (Å²) >= 11 is 0. The first-order valence-corrected chi connectivity index (χ1v) is 6.52. The van der Waals surface area contributed by atoms with Gasteiger partial charge in [0.15, 0.2) is 9.84 Å². The maximum atomic E-state index is 11.8. The predicted octanol–water partition coefficient (Wildman–Crippen LogP) is 1.94. The number of ether oxygens (including phenoxy) is 1. The van der Waals surface area contributed by atoms with Crippen LogP contribution in [0.2, 0.25) is 0 Å². The number of hydrogen-bond acceptors (Lipinski definition) is 3. The second-order valence-electron chi connectivity index (χ2n) is 3.98. The Balaban J connectivity index is 2.30. The van der Waals surface area contributed by atoms with Crippen molar-refractivity contribution in [3.8, 4) is 0 Å². The Morgan fingerprint density at radius 2 is 1.80 bits per heavy atom. The van der Waals surface area contributed by atoms with E-state index in [0.29, 0.717) is 4.90 Å². The predicted molar refractivity (Wildman–Crippen MR) is 57.5 cm³/mol. The molecule has 1 heterocycles. The topological polar surface area (TPSA) is 46.7 Å². The summed E-state index contributed by atoms with van der Waals surface area (Å²) in [5.74, 6) is 0. The Labute approximate surface area is 90.0 Å². The van der Waals surface area contributed by atoms with E-state index >= 15 is 0 Å². The van der Waals surface area contributed by atoms with E-state index in [4.69, 9.17) is 4.74 Å². The first-order valence-electron chi connectivity index (χ1n) is 4.97. The highest BCUT2D eigenvalue weighted by molar-refractivity contribution is 7.92. The Hall–Kier alpha value is -0.870. The fourth-order valence-corrected chi connectivity index (χ4v) is 2.44. The van der Waals surface area contributed by atoms with Crippen LogP contribution >= 0.6 is 0 Å². The van der Waals surface area contributed by atoms with Crippen LogP contribution in [0.15, 0.2) is 29.2 Å². The molecule has 0 bridgehead atoms. The van der Waals surface area contributed by atoms with Gasteiger partial charge in [0, 0.05) is 0 Å². The maximum Gasteiger partial charge on any atom is 0.180 e. The molecule has 0 spiro atoms. The van der Waals surface area contributed by atoms with Crippen molar-refractivity contribution in [1.82, 2.24) is 0 Å². The van der Waals surface area contributed by atoms with Crippen LogP contribution in [0, 0.1) is 0 Å². The summed E-state index contributed by atoms with van der Waals surface area (Å²) in [6.45, 7) is 4.12. The molecule has 1 aromatic rings. The summed E-state index contributed by atoms with van der Waals surface area (Å²) in [5, 5.41) is -0.375. The second-order valence-corrected chi connectivity index (χ2v) is 6.49. The minimum Gasteiger partial charge on any atom is -0.368 e. The molecule has 82 valence electrons. The van der Waals surface area contributed by atoms with Gasteiger partial charge < -0.3 is 4.74 Å². The summed E-state index contributed by atoms with van der Waals surface area (Å²) in [6, 6.07) is 6.97. The molecule has 0 N–H and O–H groups in total. The van der Waals surface area contributed by atoms with Crippen molar-refractivity contribution in [3.05, 3.63) is 29.8 Å². The highest BCUT2D eigenvalue weighted by Gasteiger charge is 2.25. The van der Waals surface area contributed by atoms with E-state index in [1.165, 1.54) is 0 Å². The van der Waals surface area contributed by atoms with Gasteiger partial charge in [-0.15, -0.1) is 0 Å². The van der Waals surface area contributed by atoms with Crippen LogP contribution in [0.5, 0.6) is 0 Å². The fourth-order valence-electron chi connectivity index (χ4n) is 1.38. The summed E-state index contributed by atoms with van der Waals surface area (Å²) in [4.78, 5) is 0.391. The van der Waals surface area contributed by atoms with Crippen LogP contribution in [0.1, 0.15) is 25.5 Å². The third-order valence-electron chi connectivity index (χ3n) is 2.53. The summed E-state index contributed by atoms with van der Waals surface area (Å²) in [5.41, 5.74) is 1.05. The molecule has 0 aliphatic carbocycles. The molecule has 1 aliphatic heterocycles. The van der Waals surface area contributed by atoms with Crippen LogP contribution in [-0.2, 0) is 14.6 Å². The smallest absolute Gasteiger partial charge is 0.180 e. The minimum atomic E-state index is -3.14. The molecule has 0 radical (unpaired) electrons. The monoisotopic (exact) mass is 226 g/mol. The molecule has 4 heteroatoms. The van der Waals surface area contributed by atoms with E-state index in [-0.39, 0.29) is 11.4 Å². The van der Waals surface area contributed by atoms with E-state index < -0.39 is 9.84 Å². The molecular weight excluding hydrogens is 212 g/mol. The number of benzene rings is 1. The number of sulfone groups is 1. The van der Waals surface area contributed by atoms with Crippen molar-refractivity contribution in [3.63, 3.8) is 0 Å². The molecule has 2 rings (SSSR count). The highest BCUT2D eigenvalue weighted by atomic mass is 32.2. The van der Waals surface area contributed by atoms with Crippen LogP contribution in [0.4, 0.5) is 0 Å². The Bertz CT molecular complexity index is 441. The second kappa shape index (κ2) is 3.61. The first-order chi connectivity index (χ1) is 7.01. The average molecular weight is 226 g/mol. The third-order valence-corrected chi connectivity index (χ3v) is 4.70. The number of hydrogen-bond donors (Lipinski definition) is 0. The molecule has 0 saturated carbocycles. The zero-order chi connectivity index (χ0) is 11.1. The maximum absolute atomic E-state index is 11.8. The molecule has 0 amide bonds. The third kappa shape index (κ3) is 2.06. The quantitative estimate of drug-likeness (QED) is 0.740. The van der Waals surface area contributed by atoms with Gasteiger partial charge in [-0.2, -0.15) is 0 Å². The van der Waals surface area contributed by atoms with Crippen LogP contribution in [0.3, 0.4) is 0 Å². The largest absolute Gasteiger partial charge is 0.368 e. The van der Waals surface area contributed by atoms with Crippen LogP contribution in [-0.4, -0.2) is 20.3 Å². The molecule has 1 fully saturated rings. The van der Waals surface area contributed by atoms with Crippen molar-refractivity contribution in [1.29, 1.82) is 0 Å². The van der Waals surface area contributed by atoms with Gasteiger partial charge in [0.1, 0.15) is 6.10 Å². The normalized spacial score (nSPS) is 20.6. The lowest BCUT2D eigenvalue weighted by atomic mass is 10.2. The average Bonchev–Trinajstić information content (AvgIpc) is 3.01. The van der Waals surface area contributed by atoms with Gasteiger partial charge in [-0.05, 0) is 31.5 Å². The van der Waals surface area contributed by atoms with Gasteiger partial charge in [-0.1, -0.05) is 12.1 Å². The van der Waals surface area contributed by atoms with E-state index in [1.54, 1.807) is 26.0 Å². The van der Waals surface area contributed by atoms with E-state index in [1.807, 2.05) is 12.1 Å².